The molecule has 1 aromatic heterocycles. The third-order valence-corrected chi connectivity index (χ3v) is 10.4. The van der Waals surface area contributed by atoms with Crippen LogP contribution in [0.2, 0.25) is 0 Å². The molecule has 1 aliphatic carbocycles. The van der Waals surface area contributed by atoms with Crippen LogP contribution in [0.25, 0.3) is 0 Å². The number of aryl methyl sites for hydroxylation is 2. The molecule has 3 aromatic carbocycles. The molecule has 1 saturated heterocycles. The minimum Gasteiger partial charge on any atom is -0.344 e. The number of Topliss-reactive ketones (excluding diaryl/α,β-unsaturated/α-hetero) is 1. The molecule has 3 amide bonds. The lowest BCUT2D eigenvalue weighted by atomic mass is 9.90. The third kappa shape index (κ3) is 9.22. The molecule has 0 unspecified atom stereocenters. The van der Waals surface area contributed by atoms with Crippen LogP contribution in [0.1, 0.15) is 65.0 Å². The van der Waals surface area contributed by atoms with Gasteiger partial charge in [0.2, 0.25) is 11.8 Å². The number of fused-ring (bicyclic) bond motifs is 1. The van der Waals surface area contributed by atoms with Gasteiger partial charge in [-0.05, 0) is 66.0 Å². The van der Waals surface area contributed by atoms with E-state index >= 15 is 0 Å². The topological polar surface area (TPSA) is 117 Å². The van der Waals surface area contributed by atoms with Crippen molar-refractivity contribution >= 4 is 23.5 Å². The minimum atomic E-state index is -0.649. The van der Waals surface area contributed by atoms with Gasteiger partial charge < -0.3 is 15.5 Å². The van der Waals surface area contributed by atoms with Crippen LogP contribution in [0.15, 0.2) is 91.1 Å². The number of nitrogens with zero attached hydrogens (tertiary/aromatic N) is 4. The first-order valence-corrected chi connectivity index (χ1v) is 18.7. The Bertz CT molecular complexity index is 1810. The molecule has 2 atom stereocenters. The predicted molar refractivity (Wildman–Crippen MR) is 200 cm³/mol. The fourth-order valence-electron chi connectivity index (χ4n) is 7.47. The number of aromatic nitrogens is 2. The molecule has 1 aliphatic heterocycles. The Morgan fingerprint density at radius 2 is 1.42 bits per heavy atom. The summed E-state index contributed by atoms with van der Waals surface area (Å²) < 4.78 is 1.64. The van der Waals surface area contributed by atoms with Crippen molar-refractivity contribution in [3.8, 4) is 0 Å². The molecule has 6 rings (SSSR count). The molecule has 4 aromatic rings. The molecular formula is C42H50N6O4. The van der Waals surface area contributed by atoms with Gasteiger partial charge in [0.15, 0.2) is 5.78 Å². The summed E-state index contributed by atoms with van der Waals surface area (Å²) in [5.41, 5.74) is 6.09. The van der Waals surface area contributed by atoms with Crippen molar-refractivity contribution in [3.05, 3.63) is 125 Å². The third-order valence-electron chi connectivity index (χ3n) is 10.4. The van der Waals surface area contributed by atoms with Gasteiger partial charge in [-0.25, -0.2) is 0 Å². The number of nitrogens with one attached hydrogen (secondary N) is 2. The molecular weight excluding hydrogens is 652 g/mol. The molecule has 0 spiro atoms. The molecule has 2 N–H and O–H groups in total. The van der Waals surface area contributed by atoms with Crippen molar-refractivity contribution in [2.45, 2.75) is 77.5 Å². The van der Waals surface area contributed by atoms with Gasteiger partial charge in [0.25, 0.3) is 5.91 Å². The maximum Gasteiger partial charge on any atom is 0.270 e. The Balaban J connectivity index is 1.06. The van der Waals surface area contributed by atoms with E-state index < -0.39 is 12.1 Å². The van der Waals surface area contributed by atoms with Gasteiger partial charge in [-0.2, -0.15) is 5.10 Å². The highest BCUT2D eigenvalue weighted by molar-refractivity contribution is 5.97. The van der Waals surface area contributed by atoms with Crippen molar-refractivity contribution in [1.82, 2.24) is 30.2 Å². The van der Waals surface area contributed by atoms with E-state index in [1.165, 1.54) is 16.7 Å². The van der Waals surface area contributed by atoms with Crippen LogP contribution >= 0.6 is 0 Å². The lowest BCUT2D eigenvalue weighted by molar-refractivity contribution is -0.138. The van der Waals surface area contributed by atoms with Gasteiger partial charge >= 0.3 is 0 Å². The first-order valence-electron chi connectivity index (χ1n) is 18.7. The van der Waals surface area contributed by atoms with Crippen LogP contribution in [-0.2, 0) is 53.2 Å². The van der Waals surface area contributed by atoms with Crippen LogP contribution in [-0.4, -0.2) is 81.3 Å². The van der Waals surface area contributed by atoms with Crippen molar-refractivity contribution < 1.29 is 19.2 Å². The van der Waals surface area contributed by atoms with E-state index in [-0.39, 0.29) is 35.8 Å². The first-order chi connectivity index (χ1) is 25.3. The number of carbonyl (C=O) groups is 4. The largest absolute Gasteiger partial charge is 0.344 e. The average molecular weight is 703 g/mol. The standard InChI is InChI=1S/C42H50N6O4/c1-3-39(50)44-36(42(52)47-24-22-46(23-25-47)29-32-10-6-5-7-11-32)26-31-16-14-30(15-17-31)18-19-38(49)40(35-27-33-12-8-9-13-34(33)28-35)45-41(51)37-20-21-43-48(37)4-2/h5-17,20-21,35-36,40H,3-4,18-19,22-29H2,1-2H3,(H,44,50)(H,45,51)/t36-,40+/m1/s1. The SMILES string of the molecule is CCC(=O)N[C@H](Cc1ccc(CCC(=O)[C@@H](NC(=O)c2ccnn2CC)C2Cc3ccccc3C2)cc1)C(=O)N1CCN(Cc2ccccc2)CC1. The van der Waals surface area contributed by atoms with Crippen molar-refractivity contribution in [2.24, 2.45) is 5.92 Å². The smallest absolute Gasteiger partial charge is 0.270 e. The molecule has 10 nitrogen and oxygen atoms in total. The lowest BCUT2D eigenvalue weighted by Crippen LogP contribution is -2.55. The van der Waals surface area contributed by atoms with Gasteiger partial charge in [-0.3, -0.25) is 28.8 Å². The number of rotatable bonds is 15. The molecule has 10 heteroatoms. The van der Waals surface area contributed by atoms with E-state index in [9.17, 15) is 19.2 Å². The first kappa shape index (κ1) is 36.7. The zero-order valence-electron chi connectivity index (χ0n) is 30.3. The van der Waals surface area contributed by atoms with Crippen LogP contribution in [0.3, 0.4) is 0 Å². The van der Waals surface area contributed by atoms with Gasteiger partial charge in [0.05, 0.1) is 6.04 Å². The normalized spacial score (nSPS) is 15.8. The van der Waals surface area contributed by atoms with Crippen molar-refractivity contribution in [3.63, 3.8) is 0 Å². The number of benzene rings is 3. The quantitative estimate of drug-likeness (QED) is 0.190. The van der Waals surface area contributed by atoms with Crippen molar-refractivity contribution in [1.29, 1.82) is 0 Å². The second kappa shape index (κ2) is 17.4. The molecule has 0 bridgehead atoms. The molecule has 272 valence electrons. The summed E-state index contributed by atoms with van der Waals surface area (Å²) in [6, 6.07) is 27.0. The second-order valence-corrected chi connectivity index (χ2v) is 14.0. The highest BCUT2D eigenvalue weighted by Gasteiger charge is 2.35. The molecule has 2 aliphatic rings. The molecule has 52 heavy (non-hydrogen) atoms. The maximum absolute atomic E-state index is 13.9. The summed E-state index contributed by atoms with van der Waals surface area (Å²) in [4.78, 5) is 57.7. The lowest BCUT2D eigenvalue weighted by Gasteiger charge is -2.36. The molecule has 2 heterocycles. The van der Waals surface area contributed by atoms with E-state index in [0.717, 1.165) is 43.6 Å². The zero-order chi connectivity index (χ0) is 36.5. The van der Waals surface area contributed by atoms with Gasteiger partial charge in [-0.1, -0.05) is 85.8 Å². The summed E-state index contributed by atoms with van der Waals surface area (Å²) in [5.74, 6) is -0.503. The van der Waals surface area contributed by atoms with E-state index in [0.29, 0.717) is 44.6 Å². The van der Waals surface area contributed by atoms with Gasteiger partial charge in [0.1, 0.15) is 11.7 Å². The highest BCUT2D eigenvalue weighted by atomic mass is 16.2. The fraction of sp³-hybridized carbons (Fsp3) is 0.405. The van der Waals surface area contributed by atoms with E-state index in [1.54, 1.807) is 23.9 Å². The number of ketones is 1. The van der Waals surface area contributed by atoms with E-state index in [1.807, 2.05) is 66.4 Å². The van der Waals surface area contributed by atoms with E-state index in [4.69, 9.17) is 0 Å². The number of carbonyl (C=O) groups excluding carboxylic acids is 4. The van der Waals surface area contributed by atoms with Crippen LogP contribution in [0.5, 0.6) is 0 Å². The van der Waals surface area contributed by atoms with Crippen LogP contribution in [0.4, 0.5) is 0 Å². The zero-order valence-corrected chi connectivity index (χ0v) is 30.3. The number of piperazine rings is 1. The number of hydrogen-bond donors (Lipinski definition) is 2. The van der Waals surface area contributed by atoms with E-state index in [2.05, 4.69) is 44.9 Å². The Labute approximate surface area is 306 Å². The highest BCUT2D eigenvalue weighted by Crippen LogP contribution is 2.30. The maximum atomic E-state index is 13.9. The Morgan fingerprint density at radius 3 is 2.08 bits per heavy atom. The number of amides is 3. The Hall–Kier alpha value is -5.09. The average Bonchev–Trinajstić information content (AvgIpc) is 3.84. The van der Waals surface area contributed by atoms with Gasteiger partial charge in [0, 0.05) is 64.7 Å². The Morgan fingerprint density at radius 1 is 0.769 bits per heavy atom. The van der Waals surface area contributed by atoms with Crippen LogP contribution in [0, 0.1) is 5.92 Å². The summed E-state index contributed by atoms with van der Waals surface area (Å²) >= 11 is 0. The summed E-state index contributed by atoms with van der Waals surface area (Å²) in [7, 11) is 0. The molecule has 1 fully saturated rings. The van der Waals surface area contributed by atoms with Crippen molar-refractivity contribution in [2.75, 3.05) is 26.2 Å². The predicted octanol–water partition coefficient (Wildman–Crippen LogP) is 4.40. The summed E-state index contributed by atoms with van der Waals surface area (Å²) in [5, 5.41) is 10.3. The molecule has 0 radical (unpaired) electrons. The van der Waals surface area contributed by atoms with Crippen LogP contribution < -0.4 is 10.6 Å². The second-order valence-electron chi connectivity index (χ2n) is 14.0. The Kier molecular flexibility index (Phi) is 12.3. The monoisotopic (exact) mass is 702 g/mol. The fourth-order valence-corrected chi connectivity index (χ4v) is 7.47. The number of hydrogen-bond acceptors (Lipinski definition) is 6. The molecule has 0 saturated carbocycles. The minimum absolute atomic E-state index is 0.00889. The van der Waals surface area contributed by atoms with Gasteiger partial charge in [-0.15, -0.1) is 0 Å². The summed E-state index contributed by atoms with van der Waals surface area (Å²) in [6.45, 7) is 7.93. The summed E-state index contributed by atoms with van der Waals surface area (Å²) in [6.07, 6.45) is 4.60.